The van der Waals surface area contributed by atoms with E-state index in [1.165, 1.54) is 0 Å². The summed E-state index contributed by atoms with van der Waals surface area (Å²) in [5, 5.41) is 0. The molecule has 1 radical (unpaired) electrons. The first-order chi connectivity index (χ1) is 3.30. The van der Waals surface area contributed by atoms with E-state index in [9.17, 15) is 4.79 Å². The Morgan fingerprint density at radius 3 is 2.22 bits per heavy atom. The summed E-state index contributed by atoms with van der Waals surface area (Å²) >= 11 is 0. The van der Waals surface area contributed by atoms with Gasteiger partial charge in [-0.2, -0.15) is 0 Å². The number of amides is 1. The van der Waals surface area contributed by atoms with Gasteiger partial charge in [-0.05, 0) is 6.42 Å². The molecular formula is C5H9CuNOS. The Bertz CT molecular complexity index is 99.0. The summed E-state index contributed by atoms with van der Waals surface area (Å²) < 4.78 is 0. The summed E-state index contributed by atoms with van der Waals surface area (Å²) in [5.41, 5.74) is 0. The van der Waals surface area contributed by atoms with Crippen molar-refractivity contribution in [2.45, 2.75) is 12.8 Å². The second-order valence-corrected chi connectivity index (χ2v) is 1.92. The fourth-order valence-corrected chi connectivity index (χ4v) is 0.783. The molecule has 1 amide bonds. The van der Waals surface area contributed by atoms with E-state index in [2.05, 4.69) is 0 Å². The van der Waals surface area contributed by atoms with Gasteiger partial charge in [0.05, 0.1) is 0 Å². The van der Waals surface area contributed by atoms with Gasteiger partial charge in [-0.1, -0.05) is 0 Å². The number of nitrogens with zero attached hydrogens (tertiary/aromatic N) is 1. The number of carbonyl (C=O) groups is 1. The summed E-state index contributed by atoms with van der Waals surface area (Å²) in [6.45, 7) is 0.957. The first-order valence-electron chi connectivity index (χ1n) is 2.54. The molecule has 0 spiro atoms. The Morgan fingerprint density at radius 2 is 2.11 bits per heavy atom. The maximum absolute atomic E-state index is 10.5. The average Bonchev–Trinajstić information content (AvgIpc) is 1.91. The van der Waals surface area contributed by atoms with Crippen molar-refractivity contribution in [3.8, 4) is 0 Å². The van der Waals surface area contributed by atoms with Crippen molar-refractivity contribution in [1.82, 2.24) is 4.90 Å². The van der Waals surface area contributed by atoms with Gasteiger partial charge in [0.25, 0.3) is 0 Å². The van der Waals surface area contributed by atoms with E-state index in [1.54, 1.807) is 4.90 Å². The second kappa shape index (κ2) is 5.15. The summed E-state index contributed by atoms with van der Waals surface area (Å²) in [6.07, 6.45) is 1.81. The van der Waals surface area contributed by atoms with Crippen LogP contribution in [0.3, 0.4) is 0 Å². The fraction of sp³-hybridized carbons (Fsp3) is 0.800. The molecular weight excluding hydrogens is 186 g/mol. The maximum Gasteiger partial charge on any atom is 2.00 e. The third-order valence-electron chi connectivity index (χ3n) is 1.31. The van der Waals surface area contributed by atoms with Crippen molar-refractivity contribution in [2.75, 3.05) is 13.6 Å². The molecule has 9 heavy (non-hydrogen) atoms. The zero-order chi connectivity index (χ0) is 5.28. The normalized spacial score (nSPS) is 16.6. The van der Waals surface area contributed by atoms with Crippen LogP contribution in [-0.2, 0) is 35.4 Å². The van der Waals surface area contributed by atoms with Gasteiger partial charge in [0.2, 0.25) is 5.91 Å². The summed E-state index contributed by atoms with van der Waals surface area (Å²) in [6, 6.07) is 0. The number of carbonyl (C=O) groups excluding carboxylic acids is 1. The van der Waals surface area contributed by atoms with Crippen LogP contribution in [0.2, 0.25) is 0 Å². The van der Waals surface area contributed by atoms with Crippen LogP contribution in [0, 0.1) is 0 Å². The first kappa shape index (κ1) is 12.1. The minimum Gasteiger partial charge on any atom is -2.00 e. The van der Waals surface area contributed by atoms with E-state index in [1.807, 2.05) is 7.05 Å². The van der Waals surface area contributed by atoms with E-state index in [0.29, 0.717) is 5.91 Å². The third kappa shape index (κ3) is 3.14. The molecule has 0 atom stereocenters. The van der Waals surface area contributed by atoms with Crippen molar-refractivity contribution in [2.24, 2.45) is 0 Å². The summed E-state index contributed by atoms with van der Waals surface area (Å²) in [5.74, 6) is 0.292. The van der Waals surface area contributed by atoms with Crippen LogP contribution >= 0.6 is 0 Å². The molecule has 1 saturated heterocycles. The molecule has 1 aliphatic rings. The van der Waals surface area contributed by atoms with Gasteiger partial charge in [-0.15, -0.1) is 0 Å². The largest absolute Gasteiger partial charge is 2.00 e. The van der Waals surface area contributed by atoms with Crippen LogP contribution in [0.1, 0.15) is 12.8 Å². The van der Waals surface area contributed by atoms with Crippen molar-refractivity contribution in [3.05, 3.63) is 0 Å². The van der Waals surface area contributed by atoms with Crippen molar-refractivity contribution in [3.63, 3.8) is 0 Å². The van der Waals surface area contributed by atoms with Gasteiger partial charge in [-0.25, -0.2) is 0 Å². The predicted molar refractivity (Wildman–Crippen MR) is 34.2 cm³/mol. The molecule has 1 fully saturated rings. The Labute approximate surface area is 72.9 Å². The van der Waals surface area contributed by atoms with Gasteiger partial charge < -0.3 is 18.4 Å². The molecule has 1 aliphatic heterocycles. The fourth-order valence-electron chi connectivity index (χ4n) is 0.783. The monoisotopic (exact) mass is 194 g/mol. The summed E-state index contributed by atoms with van der Waals surface area (Å²) in [7, 11) is 1.84. The van der Waals surface area contributed by atoms with Crippen molar-refractivity contribution < 1.29 is 21.9 Å². The van der Waals surface area contributed by atoms with Crippen molar-refractivity contribution in [1.29, 1.82) is 0 Å². The Balaban J connectivity index is 0. The van der Waals surface area contributed by atoms with Crippen LogP contribution in [-0.4, -0.2) is 24.4 Å². The molecule has 4 heteroatoms. The van der Waals surface area contributed by atoms with E-state index in [-0.39, 0.29) is 30.6 Å². The van der Waals surface area contributed by atoms with Gasteiger partial charge in [0.1, 0.15) is 0 Å². The first-order valence-corrected chi connectivity index (χ1v) is 2.54. The minimum atomic E-state index is 0. The Morgan fingerprint density at radius 1 is 1.56 bits per heavy atom. The van der Waals surface area contributed by atoms with Crippen LogP contribution in [0.15, 0.2) is 0 Å². The summed E-state index contributed by atoms with van der Waals surface area (Å²) in [4.78, 5) is 12.3. The molecule has 0 aliphatic carbocycles. The van der Waals surface area contributed by atoms with Crippen LogP contribution in [0.5, 0.6) is 0 Å². The van der Waals surface area contributed by atoms with E-state index in [0.717, 1.165) is 19.4 Å². The molecule has 57 valence electrons. The maximum atomic E-state index is 10.5. The molecule has 0 N–H and O–H groups in total. The quantitative estimate of drug-likeness (QED) is 0.506. The van der Waals surface area contributed by atoms with Gasteiger partial charge in [-0.3, -0.25) is 4.79 Å². The standard InChI is InChI=1S/C5H9NO.Cu.S/c1-6-4-2-3-5(6)7;;/h2-4H2,1H3;;/q;+2;-2. The molecule has 1 rings (SSSR count). The zero-order valence-electron chi connectivity index (χ0n) is 5.19. The Hall–Kier alpha value is 0.339. The molecule has 0 unspecified atom stereocenters. The molecule has 0 saturated carbocycles. The van der Waals surface area contributed by atoms with Gasteiger partial charge in [0, 0.05) is 20.0 Å². The van der Waals surface area contributed by atoms with E-state index < -0.39 is 0 Å². The minimum absolute atomic E-state index is 0. The van der Waals surface area contributed by atoms with Crippen molar-refractivity contribution >= 4 is 19.4 Å². The molecule has 0 bridgehead atoms. The number of hydrogen-bond acceptors (Lipinski definition) is 1. The van der Waals surface area contributed by atoms with Crippen LogP contribution in [0.4, 0.5) is 0 Å². The number of likely N-dealkylation sites (tertiary alicyclic amines) is 1. The topological polar surface area (TPSA) is 20.3 Å². The predicted octanol–water partition coefficient (Wildman–Crippen LogP) is 0.234. The van der Waals surface area contributed by atoms with Gasteiger partial charge >= 0.3 is 17.1 Å². The molecule has 1 heterocycles. The van der Waals surface area contributed by atoms with Gasteiger partial charge in [0.15, 0.2) is 0 Å². The third-order valence-corrected chi connectivity index (χ3v) is 1.31. The van der Waals surface area contributed by atoms with E-state index in [4.69, 9.17) is 0 Å². The van der Waals surface area contributed by atoms with E-state index >= 15 is 0 Å². The second-order valence-electron chi connectivity index (χ2n) is 1.92. The van der Waals surface area contributed by atoms with Crippen LogP contribution < -0.4 is 0 Å². The number of rotatable bonds is 0. The van der Waals surface area contributed by atoms with Crippen LogP contribution in [0.25, 0.3) is 0 Å². The zero-order valence-corrected chi connectivity index (χ0v) is 6.94. The molecule has 0 aromatic rings. The number of hydrogen-bond donors (Lipinski definition) is 0. The SMILES string of the molecule is CN1CCCC1=O.[Cu+2].[S-2]. The molecule has 2 nitrogen and oxygen atoms in total. The average molecular weight is 195 g/mol. The molecule has 0 aromatic carbocycles. The smallest absolute Gasteiger partial charge is 2.00 e. The Kier molecular flexibility index (Phi) is 6.90. The molecule has 0 aromatic heterocycles.